The van der Waals surface area contributed by atoms with E-state index >= 15 is 0 Å². The summed E-state index contributed by atoms with van der Waals surface area (Å²) in [5.41, 5.74) is 0.910. The van der Waals surface area contributed by atoms with E-state index in [0.717, 1.165) is 5.56 Å². The number of rotatable bonds is 6. The second kappa shape index (κ2) is 6.59. The molecule has 0 atom stereocenters. The van der Waals surface area contributed by atoms with Gasteiger partial charge in [0.25, 0.3) is 5.69 Å². The molecule has 0 aromatic heterocycles. The highest BCUT2D eigenvalue weighted by Gasteiger charge is 2.05. The largest absolute Gasteiger partial charge is 0.395 e. The fourth-order valence-corrected chi connectivity index (χ4v) is 1.33. The van der Waals surface area contributed by atoms with Crippen LogP contribution in [0.4, 0.5) is 5.69 Å². The molecule has 0 saturated carbocycles. The number of nitro benzene ring substituents is 1. The van der Waals surface area contributed by atoms with E-state index in [9.17, 15) is 14.9 Å². The lowest BCUT2D eigenvalue weighted by atomic mass is 10.1. The zero-order valence-electron chi connectivity index (χ0n) is 9.26. The molecular weight excluding hydrogens is 224 g/mol. The normalized spacial score (nSPS) is 9.94. The molecule has 1 rings (SSSR count). The molecular formula is C11H14N2O4. The molecule has 6 nitrogen and oxygen atoms in total. The summed E-state index contributed by atoms with van der Waals surface area (Å²) in [5.74, 6) is -0.141. The Morgan fingerprint density at radius 3 is 2.53 bits per heavy atom. The molecule has 1 aromatic carbocycles. The van der Waals surface area contributed by atoms with Gasteiger partial charge in [0.05, 0.1) is 11.5 Å². The van der Waals surface area contributed by atoms with Gasteiger partial charge < -0.3 is 10.4 Å². The van der Waals surface area contributed by atoms with E-state index in [4.69, 9.17) is 5.11 Å². The van der Waals surface area contributed by atoms with Crippen molar-refractivity contribution in [3.63, 3.8) is 0 Å². The van der Waals surface area contributed by atoms with E-state index < -0.39 is 4.92 Å². The molecule has 2 N–H and O–H groups in total. The molecule has 17 heavy (non-hydrogen) atoms. The van der Waals surface area contributed by atoms with Crippen molar-refractivity contribution in [2.75, 3.05) is 13.2 Å². The molecule has 0 aliphatic carbocycles. The zero-order valence-corrected chi connectivity index (χ0v) is 9.26. The van der Waals surface area contributed by atoms with Crippen LogP contribution in [0, 0.1) is 10.1 Å². The Morgan fingerprint density at radius 1 is 1.35 bits per heavy atom. The number of nitrogens with one attached hydrogen (secondary N) is 1. The highest BCUT2D eigenvalue weighted by molar-refractivity contribution is 5.76. The summed E-state index contributed by atoms with van der Waals surface area (Å²) in [6.07, 6.45) is 0.826. The van der Waals surface area contributed by atoms with Crippen LogP contribution in [0.3, 0.4) is 0 Å². The number of amides is 1. The Morgan fingerprint density at radius 2 is 2.00 bits per heavy atom. The number of carbonyl (C=O) groups is 1. The second-order valence-electron chi connectivity index (χ2n) is 3.50. The number of non-ortho nitro benzene ring substituents is 1. The second-order valence-corrected chi connectivity index (χ2v) is 3.50. The molecule has 1 aromatic rings. The van der Waals surface area contributed by atoms with Crippen molar-refractivity contribution in [1.29, 1.82) is 0 Å². The standard InChI is InChI=1S/C11H14N2O4/c14-8-7-12-11(15)6-3-9-1-4-10(5-2-9)13(16)17/h1-2,4-5,14H,3,6-8H2,(H,12,15). The van der Waals surface area contributed by atoms with Gasteiger partial charge in [-0.25, -0.2) is 0 Å². The number of hydrogen-bond donors (Lipinski definition) is 2. The predicted molar refractivity (Wildman–Crippen MR) is 61.5 cm³/mol. The average Bonchev–Trinajstić information content (AvgIpc) is 2.34. The highest BCUT2D eigenvalue weighted by atomic mass is 16.6. The van der Waals surface area contributed by atoms with Gasteiger partial charge in [-0.15, -0.1) is 0 Å². The van der Waals surface area contributed by atoms with Gasteiger partial charge in [-0.05, 0) is 12.0 Å². The number of aliphatic hydroxyl groups excluding tert-OH is 1. The molecule has 0 saturated heterocycles. The predicted octanol–water partition coefficient (Wildman–Crippen LogP) is 0.636. The van der Waals surface area contributed by atoms with Crippen molar-refractivity contribution in [3.05, 3.63) is 39.9 Å². The van der Waals surface area contributed by atoms with Gasteiger partial charge in [0, 0.05) is 25.1 Å². The fourth-order valence-electron chi connectivity index (χ4n) is 1.33. The van der Waals surface area contributed by atoms with Crippen LogP contribution >= 0.6 is 0 Å². The maximum absolute atomic E-state index is 11.2. The topological polar surface area (TPSA) is 92.5 Å². The molecule has 0 aliphatic heterocycles. The summed E-state index contributed by atoms with van der Waals surface area (Å²) >= 11 is 0. The van der Waals surface area contributed by atoms with Crippen molar-refractivity contribution in [2.45, 2.75) is 12.8 Å². The van der Waals surface area contributed by atoms with Crippen LogP contribution in [0.1, 0.15) is 12.0 Å². The maximum atomic E-state index is 11.2. The third-order valence-electron chi connectivity index (χ3n) is 2.22. The lowest BCUT2D eigenvalue weighted by molar-refractivity contribution is -0.384. The van der Waals surface area contributed by atoms with Gasteiger partial charge in [-0.2, -0.15) is 0 Å². The molecule has 0 bridgehead atoms. The Labute approximate surface area is 98.4 Å². The quantitative estimate of drug-likeness (QED) is 0.561. The van der Waals surface area contributed by atoms with E-state index in [1.807, 2.05) is 0 Å². The first-order valence-electron chi connectivity index (χ1n) is 5.24. The number of aryl methyl sites for hydroxylation is 1. The molecule has 6 heteroatoms. The van der Waals surface area contributed by atoms with Crippen LogP contribution in [0.5, 0.6) is 0 Å². The molecule has 0 aliphatic rings. The first kappa shape index (κ1) is 13.1. The maximum Gasteiger partial charge on any atom is 0.269 e. The third-order valence-corrected chi connectivity index (χ3v) is 2.22. The SMILES string of the molecule is O=C(CCc1ccc([N+](=O)[O-])cc1)NCCO. The van der Waals surface area contributed by atoms with Gasteiger partial charge in [-0.3, -0.25) is 14.9 Å². The van der Waals surface area contributed by atoms with Crippen molar-refractivity contribution < 1.29 is 14.8 Å². The van der Waals surface area contributed by atoms with Gasteiger partial charge in [0.1, 0.15) is 0 Å². The van der Waals surface area contributed by atoms with Crippen LogP contribution in [-0.4, -0.2) is 29.1 Å². The molecule has 0 spiro atoms. The smallest absolute Gasteiger partial charge is 0.269 e. The van der Waals surface area contributed by atoms with E-state index in [2.05, 4.69) is 5.32 Å². The summed E-state index contributed by atoms with van der Waals surface area (Å²) in [4.78, 5) is 21.2. The zero-order chi connectivity index (χ0) is 12.7. The van der Waals surface area contributed by atoms with Gasteiger partial charge in [-0.1, -0.05) is 12.1 Å². The molecule has 0 fully saturated rings. The van der Waals surface area contributed by atoms with E-state index in [1.54, 1.807) is 12.1 Å². The van der Waals surface area contributed by atoms with Gasteiger partial charge in [0.15, 0.2) is 0 Å². The van der Waals surface area contributed by atoms with Gasteiger partial charge >= 0.3 is 0 Å². The lowest BCUT2D eigenvalue weighted by Crippen LogP contribution is -2.26. The average molecular weight is 238 g/mol. The number of aliphatic hydroxyl groups is 1. The van der Waals surface area contributed by atoms with Crippen molar-refractivity contribution in [2.24, 2.45) is 0 Å². The summed E-state index contributed by atoms with van der Waals surface area (Å²) < 4.78 is 0. The monoisotopic (exact) mass is 238 g/mol. The minimum absolute atomic E-state index is 0.0403. The van der Waals surface area contributed by atoms with Gasteiger partial charge in [0.2, 0.25) is 5.91 Å². The van der Waals surface area contributed by atoms with Crippen LogP contribution < -0.4 is 5.32 Å². The van der Waals surface area contributed by atoms with Crippen molar-refractivity contribution in [3.8, 4) is 0 Å². The van der Waals surface area contributed by atoms with Crippen molar-refractivity contribution in [1.82, 2.24) is 5.32 Å². The van der Waals surface area contributed by atoms with Crippen LogP contribution in [-0.2, 0) is 11.2 Å². The van der Waals surface area contributed by atoms with E-state index in [0.29, 0.717) is 12.8 Å². The van der Waals surface area contributed by atoms with Crippen molar-refractivity contribution >= 4 is 11.6 Å². The summed E-state index contributed by atoms with van der Waals surface area (Å²) in [5, 5.41) is 21.5. The Balaban J connectivity index is 2.42. The summed E-state index contributed by atoms with van der Waals surface area (Å²) in [6.45, 7) is 0.169. The lowest BCUT2D eigenvalue weighted by Gasteiger charge is -2.03. The van der Waals surface area contributed by atoms with E-state index in [1.165, 1.54) is 12.1 Å². The van der Waals surface area contributed by atoms with E-state index in [-0.39, 0.29) is 24.7 Å². The highest BCUT2D eigenvalue weighted by Crippen LogP contribution is 2.12. The Hall–Kier alpha value is -1.95. The van der Waals surface area contributed by atoms with Crippen LogP contribution in [0.25, 0.3) is 0 Å². The summed E-state index contributed by atoms with van der Waals surface area (Å²) in [6, 6.07) is 6.11. The first-order chi connectivity index (χ1) is 8.13. The number of carbonyl (C=O) groups excluding carboxylic acids is 1. The Kier molecular flexibility index (Phi) is 5.09. The molecule has 92 valence electrons. The fraction of sp³-hybridized carbons (Fsp3) is 0.364. The number of hydrogen-bond acceptors (Lipinski definition) is 4. The minimum Gasteiger partial charge on any atom is -0.395 e. The van der Waals surface area contributed by atoms with Crippen LogP contribution in [0.2, 0.25) is 0 Å². The van der Waals surface area contributed by atoms with Crippen LogP contribution in [0.15, 0.2) is 24.3 Å². The third kappa shape index (κ3) is 4.60. The number of nitro groups is 1. The molecule has 0 unspecified atom stereocenters. The number of nitrogens with zero attached hydrogens (tertiary/aromatic N) is 1. The molecule has 1 amide bonds. The summed E-state index contributed by atoms with van der Waals surface area (Å²) in [7, 11) is 0. The first-order valence-corrected chi connectivity index (χ1v) is 5.24. The molecule has 0 radical (unpaired) electrons. The minimum atomic E-state index is -0.461. The Bertz CT molecular complexity index is 389. The molecule has 0 heterocycles. The number of benzene rings is 1.